The van der Waals surface area contributed by atoms with Gasteiger partial charge < -0.3 is 5.11 Å². The molecule has 1 rings (SSSR count). The molecule has 0 aromatic carbocycles. The molecule has 0 unspecified atom stereocenters. The topological polar surface area (TPSA) is 67.3 Å². The van der Waals surface area contributed by atoms with E-state index in [0.29, 0.717) is 11.8 Å². The Labute approximate surface area is 68.9 Å². The highest BCUT2D eigenvalue weighted by atomic mass is 16.4. The Balaban J connectivity index is 3.20. The molecule has 0 aliphatic carbocycles. The fourth-order valence-corrected chi connectivity index (χ4v) is 0.866. The minimum atomic E-state index is -1.03. The fraction of sp³-hybridized carbons (Fsp3) is 0.125. The van der Waals surface area contributed by atoms with Crippen LogP contribution in [0.5, 0.6) is 0 Å². The molecule has 1 aromatic rings. The Morgan fingerprint density at radius 3 is 2.75 bits per heavy atom. The molecule has 4 heteroatoms. The van der Waals surface area contributed by atoms with Crippen LogP contribution in [0.2, 0.25) is 0 Å². The molecule has 1 aromatic heterocycles. The highest BCUT2D eigenvalue weighted by molar-refractivity contribution is 5.89. The maximum Gasteiger partial charge on any atom is 0.337 e. The third-order valence-electron chi connectivity index (χ3n) is 1.48. The Morgan fingerprint density at radius 1 is 1.67 bits per heavy atom. The van der Waals surface area contributed by atoms with Crippen molar-refractivity contribution in [1.29, 1.82) is 0 Å². The van der Waals surface area contributed by atoms with E-state index < -0.39 is 5.97 Å². The van der Waals surface area contributed by atoms with Crippen LogP contribution >= 0.6 is 0 Å². The average Bonchev–Trinajstić information content (AvgIpc) is 2.03. The van der Waals surface area contributed by atoms with Crippen LogP contribution in [0.25, 0.3) is 0 Å². The molecule has 12 heavy (non-hydrogen) atoms. The number of carbonyl (C=O) groups is 2. The summed E-state index contributed by atoms with van der Waals surface area (Å²) in [6.45, 7) is 1.62. The van der Waals surface area contributed by atoms with Gasteiger partial charge in [-0.05, 0) is 18.6 Å². The van der Waals surface area contributed by atoms with E-state index in [1.807, 2.05) is 0 Å². The second-order valence-electron chi connectivity index (χ2n) is 2.35. The summed E-state index contributed by atoms with van der Waals surface area (Å²) in [4.78, 5) is 24.4. The van der Waals surface area contributed by atoms with Crippen molar-refractivity contribution in [3.8, 4) is 0 Å². The summed E-state index contributed by atoms with van der Waals surface area (Å²) >= 11 is 0. The Hall–Kier alpha value is -1.71. The highest BCUT2D eigenvalue weighted by Gasteiger charge is 2.07. The second kappa shape index (κ2) is 3.13. The molecule has 0 atom stereocenters. The molecule has 1 N–H and O–H groups in total. The van der Waals surface area contributed by atoms with Gasteiger partial charge in [0.2, 0.25) is 0 Å². The van der Waals surface area contributed by atoms with Crippen molar-refractivity contribution in [1.82, 2.24) is 4.98 Å². The monoisotopic (exact) mass is 165 g/mol. The maximum absolute atomic E-state index is 10.5. The molecule has 0 bridgehead atoms. The van der Waals surface area contributed by atoms with Crippen molar-refractivity contribution < 1.29 is 14.7 Å². The summed E-state index contributed by atoms with van der Waals surface area (Å²) in [6, 6.07) is 1.44. The summed E-state index contributed by atoms with van der Waals surface area (Å²) in [7, 11) is 0. The molecule has 0 amide bonds. The van der Waals surface area contributed by atoms with Gasteiger partial charge >= 0.3 is 5.97 Å². The molecule has 4 nitrogen and oxygen atoms in total. The smallest absolute Gasteiger partial charge is 0.337 e. The van der Waals surface area contributed by atoms with Gasteiger partial charge in [0, 0.05) is 6.20 Å². The predicted molar refractivity (Wildman–Crippen MR) is 41.3 cm³/mol. The van der Waals surface area contributed by atoms with Crippen molar-refractivity contribution in [2.75, 3.05) is 0 Å². The van der Waals surface area contributed by atoms with E-state index in [-0.39, 0.29) is 11.3 Å². The second-order valence-corrected chi connectivity index (χ2v) is 2.35. The normalized spacial score (nSPS) is 9.42. The summed E-state index contributed by atoms with van der Waals surface area (Å²) in [5, 5.41) is 8.60. The Kier molecular flexibility index (Phi) is 2.19. The number of hydrogen-bond acceptors (Lipinski definition) is 3. The zero-order valence-electron chi connectivity index (χ0n) is 6.44. The van der Waals surface area contributed by atoms with Crippen molar-refractivity contribution >= 4 is 12.3 Å². The van der Waals surface area contributed by atoms with Crippen molar-refractivity contribution in [2.24, 2.45) is 0 Å². The minimum absolute atomic E-state index is 0.126. The van der Waals surface area contributed by atoms with Gasteiger partial charge in [-0.3, -0.25) is 9.78 Å². The van der Waals surface area contributed by atoms with Gasteiger partial charge in [0.25, 0.3) is 0 Å². The third kappa shape index (κ3) is 1.47. The molecule has 0 radical (unpaired) electrons. The maximum atomic E-state index is 10.5. The number of aromatic nitrogens is 1. The van der Waals surface area contributed by atoms with Crippen LogP contribution in [0, 0.1) is 6.92 Å². The first-order valence-corrected chi connectivity index (χ1v) is 3.30. The lowest BCUT2D eigenvalue weighted by molar-refractivity contribution is 0.0695. The van der Waals surface area contributed by atoms with Crippen molar-refractivity contribution in [2.45, 2.75) is 6.92 Å². The molecule has 0 saturated carbocycles. The standard InChI is InChI=1S/C8H7NO3/c1-5-2-6(4-10)9-3-7(5)8(11)12/h2-4H,1H3,(H,11,12). The van der Waals surface area contributed by atoms with E-state index in [1.54, 1.807) is 6.92 Å². The van der Waals surface area contributed by atoms with Crippen LogP contribution in [0.4, 0.5) is 0 Å². The lowest BCUT2D eigenvalue weighted by atomic mass is 10.1. The van der Waals surface area contributed by atoms with E-state index in [2.05, 4.69) is 4.98 Å². The largest absolute Gasteiger partial charge is 0.478 e. The van der Waals surface area contributed by atoms with Gasteiger partial charge in [0.15, 0.2) is 6.29 Å². The summed E-state index contributed by atoms with van der Waals surface area (Å²) in [5.41, 5.74) is 0.915. The first-order chi connectivity index (χ1) is 5.65. The van der Waals surface area contributed by atoms with Crippen LogP contribution in [0.3, 0.4) is 0 Å². The number of aldehydes is 1. The van der Waals surface area contributed by atoms with Gasteiger partial charge in [-0.2, -0.15) is 0 Å². The highest BCUT2D eigenvalue weighted by Crippen LogP contribution is 2.06. The number of aromatic carboxylic acids is 1. The van der Waals surface area contributed by atoms with Crippen molar-refractivity contribution in [3.63, 3.8) is 0 Å². The van der Waals surface area contributed by atoms with Crippen LogP contribution in [-0.4, -0.2) is 22.3 Å². The van der Waals surface area contributed by atoms with Crippen LogP contribution in [0.1, 0.15) is 26.4 Å². The number of pyridine rings is 1. The summed E-state index contributed by atoms with van der Waals surface area (Å²) in [6.07, 6.45) is 1.76. The number of rotatable bonds is 2. The first kappa shape index (κ1) is 8.39. The lowest BCUT2D eigenvalue weighted by Gasteiger charge is -1.98. The fourth-order valence-electron chi connectivity index (χ4n) is 0.866. The molecule has 0 aliphatic rings. The molecule has 62 valence electrons. The number of nitrogens with zero attached hydrogens (tertiary/aromatic N) is 1. The number of carboxylic acids is 1. The zero-order chi connectivity index (χ0) is 9.14. The molecular weight excluding hydrogens is 158 g/mol. The van der Waals surface area contributed by atoms with Gasteiger partial charge in [-0.1, -0.05) is 0 Å². The van der Waals surface area contributed by atoms with E-state index in [4.69, 9.17) is 5.11 Å². The summed E-state index contributed by atoms with van der Waals surface area (Å²) < 4.78 is 0. The minimum Gasteiger partial charge on any atom is -0.478 e. The zero-order valence-corrected chi connectivity index (χ0v) is 6.44. The summed E-state index contributed by atoms with van der Waals surface area (Å²) in [5.74, 6) is -1.03. The van der Waals surface area contributed by atoms with Gasteiger partial charge in [-0.25, -0.2) is 4.79 Å². The van der Waals surface area contributed by atoms with Crippen LogP contribution in [0.15, 0.2) is 12.3 Å². The molecule has 0 aliphatic heterocycles. The molecule has 0 saturated heterocycles. The van der Waals surface area contributed by atoms with E-state index in [9.17, 15) is 9.59 Å². The average molecular weight is 165 g/mol. The molecule has 0 spiro atoms. The predicted octanol–water partition coefficient (Wildman–Crippen LogP) is 0.901. The van der Waals surface area contributed by atoms with Gasteiger partial charge in [0.05, 0.1) is 5.56 Å². The first-order valence-electron chi connectivity index (χ1n) is 3.30. The van der Waals surface area contributed by atoms with Crippen molar-refractivity contribution in [3.05, 3.63) is 29.1 Å². The number of hydrogen-bond donors (Lipinski definition) is 1. The number of aryl methyl sites for hydroxylation is 1. The van der Waals surface area contributed by atoms with Crippen LogP contribution < -0.4 is 0 Å². The van der Waals surface area contributed by atoms with Gasteiger partial charge in [-0.15, -0.1) is 0 Å². The SMILES string of the molecule is Cc1cc(C=O)ncc1C(=O)O. The molecule has 0 fully saturated rings. The van der Waals surface area contributed by atoms with E-state index >= 15 is 0 Å². The Bertz CT molecular complexity index is 333. The Morgan fingerprint density at radius 2 is 2.33 bits per heavy atom. The number of carbonyl (C=O) groups excluding carboxylic acids is 1. The molecular formula is C8H7NO3. The van der Waals surface area contributed by atoms with Gasteiger partial charge in [0.1, 0.15) is 5.69 Å². The van der Waals surface area contributed by atoms with E-state index in [0.717, 1.165) is 0 Å². The lowest BCUT2D eigenvalue weighted by Crippen LogP contribution is -2.02. The quantitative estimate of drug-likeness (QED) is 0.661. The molecule has 1 heterocycles. The van der Waals surface area contributed by atoms with E-state index in [1.165, 1.54) is 12.3 Å². The van der Waals surface area contributed by atoms with Crippen LogP contribution in [-0.2, 0) is 0 Å². The number of carboxylic acid groups (broad SMARTS) is 1. The third-order valence-corrected chi connectivity index (χ3v) is 1.48.